The number of hydrazine groups is 1. The van der Waals surface area contributed by atoms with Crippen molar-refractivity contribution in [3.8, 4) is 0 Å². The summed E-state index contributed by atoms with van der Waals surface area (Å²) in [6.07, 6.45) is 4.27. The van der Waals surface area contributed by atoms with Crippen molar-refractivity contribution in [1.82, 2.24) is 5.01 Å². The normalized spacial score (nSPS) is 13.6. The van der Waals surface area contributed by atoms with Crippen molar-refractivity contribution in [3.05, 3.63) is 59.3 Å². The Morgan fingerprint density at radius 2 is 1.79 bits per heavy atom. The fourth-order valence-corrected chi connectivity index (χ4v) is 1.89. The van der Waals surface area contributed by atoms with E-state index < -0.39 is 0 Å². The van der Waals surface area contributed by atoms with Gasteiger partial charge in [0.25, 0.3) is 0 Å². The third kappa shape index (κ3) is 4.92. The molecule has 0 amide bonds. The first-order valence-corrected chi connectivity index (χ1v) is 6.76. The van der Waals surface area contributed by atoms with Gasteiger partial charge in [0.2, 0.25) is 0 Å². The molecule has 0 heterocycles. The van der Waals surface area contributed by atoms with Gasteiger partial charge in [0.05, 0.1) is 6.54 Å². The second-order valence-corrected chi connectivity index (χ2v) is 5.93. The molecule has 0 atom stereocenters. The number of nitrogens with zero attached hydrogens (tertiary/aromatic N) is 1. The molecule has 2 nitrogen and oxygen atoms in total. The van der Waals surface area contributed by atoms with Gasteiger partial charge in [-0.05, 0) is 25.5 Å². The second kappa shape index (κ2) is 6.58. The van der Waals surface area contributed by atoms with Gasteiger partial charge in [-0.1, -0.05) is 62.8 Å². The minimum Gasteiger partial charge on any atom is -0.310 e. The van der Waals surface area contributed by atoms with Crippen LogP contribution >= 0.6 is 0 Å². The number of allylic oxidation sites excluding steroid dienone is 4. The third-order valence-electron chi connectivity index (χ3n) is 3.09. The summed E-state index contributed by atoms with van der Waals surface area (Å²) in [6.45, 7) is 11.4. The first kappa shape index (κ1) is 15.5. The van der Waals surface area contributed by atoms with E-state index in [0.29, 0.717) is 0 Å². The molecule has 1 rings (SSSR count). The molecular weight excluding hydrogens is 232 g/mol. The summed E-state index contributed by atoms with van der Waals surface area (Å²) in [6, 6.07) is 10.3. The van der Waals surface area contributed by atoms with Gasteiger partial charge in [-0.3, -0.25) is 0 Å². The van der Waals surface area contributed by atoms with Gasteiger partial charge < -0.3 is 5.01 Å². The van der Waals surface area contributed by atoms with E-state index in [1.165, 1.54) is 11.1 Å². The van der Waals surface area contributed by atoms with Crippen LogP contribution in [0.1, 0.15) is 40.2 Å². The number of hydrogen-bond donors (Lipinski definition) is 1. The molecule has 1 aromatic rings. The van der Waals surface area contributed by atoms with Gasteiger partial charge in [0.15, 0.2) is 0 Å². The number of nitrogens with two attached hydrogens (primary N) is 1. The zero-order valence-corrected chi connectivity index (χ0v) is 12.8. The minimum absolute atomic E-state index is 0.0216. The van der Waals surface area contributed by atoms with E-state index in [1.807, 2.05) is 30.1 Å². The van der Waals surface area contributed by atoms with E-state index in [-0.39, 0.29) is 5.41 Å². The molecule has 0 saturated carbocycles. The van der Waals surface area contributed by atoms with Gasteiger partial charge in [-0.2, -0.15) is 0 Å². The quantitative estimate of drug-likeness (QED) is 0.497. The molecule has 2 heteroatoms. The predicted molar refractivity (Wildman–Crippen MR) is 83.1 cm³/mol. The summed E-state index contributed by atoms with van der Waals surface area (Å²) in [5.41, 5.74) is 3.62. The highest BCUT2D eigenvalue weighted by Gasteiger charge is 2.21. The first-order chi connectivity index (χ1) is 8.84. The molecule has 0 fully saturated rings. The molecule has 0 aliphatic heterocycles. The smallest absolute Gasteiger partial charge is 0.0589 e. The molecule has 0 saturated heterocycles. The maximum absolute atomic E-state index is 6.28. The lowest BCUT2D eigenvalue weighted by Gasteiger charge is -2.32. The molecule has 1 aromatic carbocycles. The van der Waals surface area contributed by atoms with E-state index in [4.69, 9.17) is 5.84 Å². The maximum atomic E-state index is 6.28. The molecule has 0 aromatic heterocycles. The van der Waals surface area contributed by atoms with E-state index in [2.05, 4.69) is 52.0 Å². The Kier molecular flexibility index (Phi) is 5.37. The van der Waals surface area contributed by atoms with Crippen molar-refractivity contribution < 1.29 is 0 Å². The van der Waals surface area contributed by atoms with Crippen LogP contribution in [-0.4, -0.2) is 5.01 Å². The van der Waals surface area contributed by atoms with Crippen LogP contribution in [0.3, 0.4) is 0 Å². The summed E-state index contributed by atoms with van der Waals surface area (Å²) < 4.78 is 0. The van der Waals surface area contributed by atoms with Gasteiger partial charge in [0, 0.05) is 11.1 Å². The van der Waals surface area contributed by atoms with Gasteiger partial charge in [-0.25, -0.2) is 5.84 Å². The van der Waals surface area contributed by atoms with Crippen molar-refractivity contribution in [2.24, 2.45) is 11.3 Å². The number of benzene rings is 1. The van der Waals surface area contributed by atoms with Crippen LogP contribution in [-0.2, 0) is 6.54 Å². The van der Waals surface area contributed by atoms with Gasteiger partial charge in [0.1, 0.15) is 0 Å². The maximum Gasteiger partial charge on any atom is 0.0589 e. The lowest BCUT2D eigenvalue weighted by Crippen LogP contribution is -2.35. The van der Waals surface area contributed by atoms with E-state index in [1.54, 1.807) is 0 Å². The van der Waals surface area contributed by atoms with Crippen LogP contribution in [0.4, 0.5) is 0 Å². The highest BCUT2D eigenvalue weighted by atomic mass is 15.4. The Morgan fingerprint density at radius 1 is 1.21 bits per heavy atom. The van der Waals surface area contributed by atoms with E-state index in [9.17, 15) is 0 Å². The molecule has 0 radical (unpaired) electrons. The molecule has 0 aliphatic carbocycles. The summed E-state index contributed by atoms with van der Waals surface area (Å²) in [5, 5.41) is 1.85. The summed E-state index contributed by atoms with van der Waals surface area (Å²) in [5.74, 6) is 6.28. The molecule has 0 unspecified atom stereocenters. The summed E-state index contributed by atoms with van der Waals surface area (Å²) in [7, 11) is 0. The predicted octanol–water partition coefficient (Wildman–Crippen LogP) is 4.26. The Hall–Kier alpha value is -1.54. The van der Waals surface area contributed by atoms with E-state index >= 15 is 0 Å². The van der Waals surface area contributed by atoms with Crippen molar-refractivity contribution in [2.75, 3.05) is 0 Å². The van der Waals surface area contributed by atoms with Crippen LogP contribution in [0.2, 0.25) is 0 Å². The molecule has 104 valence electrons. The molecule has 0 aliphatic rings. The highest BCUT2D eigenvalue weighted by molar-refractivity contribution is 5.25. The van der Waals surface area contributed by atoms with Crippen LogP contribution in [0.25, 0.3) is 0 Å². The topological polar surface area (TPSA) is 29.3 Å². The van der Waals surface area contributed by atoms with E-state index in [0.717, 1.165) is 12.2 Å². The molecule has 19 heavy (non-hydrogen) atoms. The molecular formula is C17H26N2. The number of rotatable bonds is 4. The monoisotopic (exact) mass is 258 g/mol. The molecule has 2 N–H and O–H groups in total. The average Bonchev–Trinajstić information content (AvgIpc) is 2.35. The fraction of sp³-hybridized carbons (Fsp3) is 0.412. The van der Waals surface area contributed by atoms with Crippen LogP contribution in [0.15, 0.2) is 53.8 Å². The Morgan fingerprint density at radius 3 is 2.26 bits per heavy atom. The molecule has 0 spiro atoms. The summed E-state index contributed by atoms with van der Waals surface area (Å²) in [4.78, 5) is 0. The fourth-order valence-electron chi connectivity index (χ4n) is 1.89. The van der Waals surface area contributed by atoms with Gasteiger partial charge in [-0.15, -0.1) is 0 Å². The lowest BCUT2D eigenvalue weighted by atomic mass is 9.90. The lowest BCUT2D eigenvalue weighted by molar-refractivity contribution is 0.266. The van der Waals surface area contributed by atoms with Crippen LogP contribution in [0.5, 0.6) is 0 Å². The molecule has 0 bridgehead atoms. The van der Waals surface area contributed by atoms with Crippen molar-refractivity contribution in [1.29, 1.82) is 0 Å². The van der Waals surface area contributed by atoms with Crippen molar-refractivity contribution in [2.45, 2.75) is 41.2 Å². The van der Waals surface area contributed by atoms with Crippen molar-refractivity contribution >= 4 is 0 Å². The average molecular weight is 258 g/mol. The summed E-state index contributed by atoms with van der Waals surface area (Å²) >= 11 is 0. The largest absolute Gasteiger partial charge is 0.310 e. The Labute approximate surface area is 117 Å². The Bertz CT molecular complexity index is 450. The number of hydrogen-bond acceptors (Lipinski definition) is 2. The second-order valence-electron chi connectivity index (χ2n) is 5.93. The minimum atomic E-state index is 0.0216. The first-order valence-electron chi connectivity index (χ1n) is 6.76. The zero-order chi connectivity index (χ0) is 14.5. The Balaban J connectivity index is 2.96. The highest BCUT2D eigenvalue weighted by Crippen LogP contribution is 2.28. The van der Waals surface area contributed by atoms with Crippen LogP contribution in [0, 0.1) is 5.41 Å². The van der Waals surface area contributed by atoms with Gasteiger partial charge >= 0.3 is 0 Å². The van der Waals surface area contributed by atoms with Crippen molar-refractivity contribution in [3.63, 3.8) is 0 Å². The zero-order valence-electron chi connectivity index (χ0n) is 12.8. The van der Waals surface area contributed by atoms with Crippen LogP contribution < -0.4 is 5.84 Å². The SMILES string of the molecule is C/C=C(C)\C=C(/N(N)Cc1ccccc1)C(C)(C)C. The standard InChI is InChI=1S/C17H26N2/c1-6-14(2)12-16(17(3,4)5)19(18)13-15-10-8-7-9-11-15/h6-12H,13,18H2,1-5H3/b14-6-,16-12-. The third-order valence-corrected chi connectivity index (χ3v) is 3.09.